The van der Waals surface area contributed by atoms with Crippen molar-refractivity contribution in [3.63, 3.8) is 0 Å². The van der Waals surface area contributed by atoms with Gasteiger partial charge in [0, 0.05) is 0 Å². The van der Waals surface area contributed by atoms with Crippen LogP contribution in [-0.2, 0) is 16.2 Å². The number of carbonyl (C=O) groups is 1. The van der Waals surface area contributed by atoms with E-state index in [0.29, 0.717) is 19.6 Å². The molecule has 0 amide bonds. The van der Waals surface area contributed by atoms with Crippen molar-refractivity contribution in [2.75, 3.05) is 6.54 Å². The van der Waals surface area contributed by atoms with Crippen LogP contribution >= 0.6 is 0 Å². The summed E-state index contributed by atoms with van der Waals surface area (Å²) >= 11 is 0. The smallest absolute Gasteiger partial charge is 0.323 e. The van der Waals surface area contributed by atoms with Crippen molar-refractivity contribution in [1.82, 2.24) is 5.48 Å². The lowest BCUT2D eigenvalue weighted by Crippen LogP contribution is -2.36. The predicted octanol–water partition coefficient (Wildman–Crippen LogP) is 1.93. The molecule has 0 aliphatic heterocycles. The maximum absolute atomic E-state index is 11.0. The Bertz CT molecular complexity index is 344. The van der Waals surface area contributed by atoms with Crippen LogP contribution in [0.25, 0.3) is 0 Å². The number of nitrogens with two attached hydrogens (primary N) is 1. The molecule has 0 radical (unpaired) electrons. The molecule has 1 aromatic rings. The molecule has 0 saturated carbocycles. The second-order valence-electron chi connectivity index (χ2n) is 4.07. The van der Waals surface area contributed by atoms with E-state index < -0.39 is 12.0 Å². The monoisotopic (exact) mass is 268 g/mol. The van der Waals surface area contributed by atoms with Gasteiger partial charge in [-0.15, -0.1) is 0 Å². The van der Waals surface area contributed by atoms with Crippen LogP contribution in [0, 0.1) is 0 Å². The summed E-state index contributed by atoms with van der Waals surface area (Å²) in [4.78, 5) is 16.2. The van der Waals surface area contributed by atoms with Crippen molar-refractivity contribution in [3.05, 3.63) is 35.9 Å². The fraction of sp³-hybridized carbons (Fsp3) is 0.500. The Labute approximate surface area is 114 Å². The summed E-state index contributed by atoms with van der Waals surface area (Å²) in [5.74, 6) is -0.903. The number of rotatable bonds is 9. The maximum atomic E-state index is 11.0. The number of carboxylic acid groups (broad SMARTS) is 1. The highest BCUT2D eigenvalue weighted by molar-refractivity contribution is 5.73. The average molecular weight is 268 g/mol. The van der Waals surface area contributed by atoms with Crippen LogP contribution in [0.15, 0.2) is 30.3 Å². The first-order chi connectivity index (χ1) is 8.74. The molecule has 0 fully saturated rings. The minimum Gasteiger partial charge on any atom is -0.480 e. The van der Waals surface area contributed by atoms with E-state index >= 15 is 0 Å². The number of aliphatic carboxylic acids is 1. The van der Waals surface area contributed by atoms with E-state index in [1.165, 1.54) is 0 Å². The van der Waals surface area contributed by atoms with Crippen LogP contribution in [0.1, 0.15) is 32.3 Å². The lowest BCUT2D eigenvalue weighted by Gasteiger charge is -2.14. The molecule has 0 aromatic heterocycles. The van der Waals surface area contributed by atoms with Gasteiger partial charge in [0.05, 0.1) is 6.61 Å². The Morgan fingerprint density at radius 1 is 1.32 bits per heavy atom. The molecule has 0 bridgehead atoms. The molecule has 0 heterocycles. The van der Waals surface area contributed by atoms with Crippen molar-refractivity contribution in [2.24, 2.45) is 5.73 Å². The maximum Gasteiger partial charge on any atom is 0.323 e. The molecule has 0 saturated heterocycles. The molecule has 19 heavy (non-hydrogen) atoms. The average Bonchev–Trinajstić information content (AvgIpc) is 2.38. The zero-order valence-electron chi connectivity index (χ0n) is 10.3. The number of nitrogens with one attached hydrogen (secondary N) is 1. The Balaban J connectivity index is 0.00000324. The van der Waals surface area contributed by atoms with Gasteiger partial charge in [0.15, 0.2) is 0 Å². The summed E-state index contributed by atoms with van der Waals surface area (Å²) < 4.78 is 0. The summed E-state index contributed by atoms with van der Waals surface area (Å²) in [6, 6.07) is 8.91. The lowest BCUT2D eigenvalue weighted by molar-refractivity contribution is -0.145. The highest BCUT2D eigenvalue weighted by Crippen LogP contribution is 2.03. The van der Waals surface area contributed by atoms with Gasteiger partial charge in [-0.3, -0.25) is 9.63 Å². The fourth-order valence-corrected chi connectivity index (χ4v) is 1.53. The number of hydrogen-bond acceptors (Lipinski definition) is 4. The van der Waals surface area contributed by atoms with Gasteiger partial charge in [-0.05, 0) is 31.4 Å². The van der Waals surface area contributed by atoms with E-state index in [9.17, 15) is 4.79 Å². The van der Waals surface area contributed by atoms with Crippen molar-refractivity contribution in [3.8, 4) is 0 Å². The van der Waals surface area contributed by atoms with Gasteiger partial charge in [0.25, 0.3) is 0 Å². The van der Waals surface area contributed by atoms with Crippen LogP contribution in [0.4, 0.5) is 0 Å². The highest BCUT2D eigenvalue weighted by atomic mass is 16.6. The number of hydroxylamine groups is 1. The fourth-order valence-electron chi connectivity index (χ4n) is 1.53. The number of carboxylic acids is 1. The van der Waals surface area contributed by atoms with Gasteiger partial charge < -0.3 is 10.8 Å². The Morgan fingerprint density at radius 2 is 2.00 bits per heavy atom. The molecule has 0 spiro atoms. The summed E-state index contributed by atoms with van der Waals surface area (Å²) in [5, 5.41) is 9.00. The summed E-state index contributed by atoms with van der Waals surface area (Å²) in [6.45, 7) is 0.929. The van der Waals surface area contributed by atoms with Crippen LogP contribution in [0.5, 0.6) is 0 Å². The third-order valence-electron chi connectivity index (χ3n) is 2.55. The zero-order valence-corrected chi connectivity index (χ0v) is 10.3. The molecule has 5 nitrogen and oxygen atoms in total. The zero-order chi connectivity index (χ0) is 13.2. The van der Waals surface area contributed by atoms with Gasteiger partial charge in [-0.25, -0.2) is 0 Å². The molecule has 1 atom stereocenters. The van der Waals surface area contributed by atoms with Crippen molar-refractivity contribution >= 4 is 5.97 Å². The summed E-state index contributed by atoms with van der Waals surface area (Å²) in [6.07, 6.45) is 2.11. The molecule has 1 unspecified atom stereocenters. The highest BCUT2D eigenvalue weighted by Gasteiger charge is 2.16. The number of unbranched alkanes of at least 4 members (excludes halogenated alkanes) is 1. The Hall–Kier alpha value is -1.43. The van der Waals surface area contributed by atoms with Crippen molar-refractivity contribution in [2.45, 2.75) is 39.3 Å². The summed E-state index contributed by atoms with van der Waals surface area (Å²) in [5.41, 5.74) is 8.95. The third-order valence-corrected chi connectivity index (χ3v) is 2.55. The molecule has 0 aliphatic carbocycles. The molecular weight excluding hydrogens is 244 g/mol. The SMILES string of the molecule is C.NCCCCC(NOCc1ccccc1)C(=O)O. The van der Waals surface area contributed by atoms with Crippen LogP contribution < -0.4 is 11.2 Å². The van der Waals surface area contributed by atoms with E-state index in [0.717, 1.165) is 18.4 Å². The minimum absolute atomic E-state index is 0. The quantitative estimate of drug-likeness (QED) is 0.471. The first-order valence-electron chi connectivity index (χ1n) is 6.08. The Morgan fingerprint density at radius 3 is 2.58 bits per heavy atom. The van der Waals surface area contributed by atoms with E-state index in [1.807, 2.05) is 30.3 Å². The standard InChI is InChI=1S/C13H20N2O3.CH4/c14-9-5-4-8-12(13(16)17)15-18-10-11-6-2-1-3-7-11;/h1-3,6-7,12,15H,4-5,8-10,14H2,(H,16,17);1H4. The molecule has 1 rings (SSSR count). The van der Waals surface area contributed by atoms with E-state index in [-0.39, 0.29) is 7.43 Å². The third kappa shape index (κ3) is 7.56. The number of benzene rings is 1. The van der Waals surface area contributed by atoms with E-state index in [2.05, 4.69) is 5.48 Å². The first kappa shape index (κ1) is 17.6. The first-order valence-corrected chi connectivity index (χ1v) is 6.08. The van der Waals surface area contributed by atoms with Crippen LogP contribution in [0.3, 0.4) is 0 Å². The van der Waals surface area contributed by atoms with E-state index in [4.69, 9.17) is 15.7 Å². The molecule has 4 N–H and O–H groups in total. The summed E-state index contributed by atoms with van der Waals surface area (Å²) in [7, 11) is 0. The molecule has 108 valence electrons. The normalized spacial score (nSPS) is 11.6. The van der Waals surface area contributed by atoms with Crippen molar-refractivity contribution in [1.29, 1.82) is 0 Å². The van der Waals surface area contributed by atoms with Crippen LogP contribution in [0.2, 0.25) is 0 Å². The molecule has 1 aromatic carbocycles. The predicted molar refractivity (Wildman–Crippen MR) is 75.4 cm³/mol. The second kappa shape index (κ2) is 10.5. The second-order valence-corrected chi connectivity index (χ2v) is 4.07. The van der Waals surface area contributed by atoms with Gasteiger partial charge in [-0.1, -0.05) is 37.8 Å². The van der Waals surface area contributed by atoms with Crippen molar-refractivity contribution < 1.29 is 14.7 Å². The topological polar surface area (TPSA) is 84.6 Å². The molecular formula is C14H24N2O3. The van der Waals surface area contributed by atoms with Gasteiger partial charge in [0.2, 0.25) is 0 Å². The van der Waals surface area contributed by atoms with Gasteiger partial charge in [0.1, 0.15) is 6.04 Å². The van der Waals surface area contributed by atoms with Gasteiger partial charge in [-0.2, -0.15) is 5.48 Å². The minimum atomic E-state index is -0.903. The Kier molecular flexibility index (Phi) is 9.70. The van der Waals surface area contributed by atoms with Crippen LogP contribution in [-0.4, -0.2) is 23.7 Å². The molecule has 0 aliphatic rings. The largest absolute Gasteiger partial charge is 0.480 e. The lowest BCUT2D eigenvalue weighted by atomic mass is 10.1. The van der Waals surface area contributed by atoms with Gasteiger partial charge >= 0.3 is 5.97 Å². The molecule has 5 heteroatoms. The van der Waals surface area contributed by atoms with E-state index in [1.54, 1.807) is 0 Å². The number of hydrogen-bond donors (Lipinski definition) is 3.